The average Bonchev–Trinajstić information content (AvgIpc) is 1.88. The van der Waals surface area contributed by atoms with Gasteiger partial charge in [-0.2, -0.15) is 0 Å². The van der Waals surface area contributed by atoms with Crippen LogP contribution in [-0.4, -0.2) is 17.5 Å². The molecule has 2 nitrogen and oxygen atoms in total. The van der Waals surface area contributed by atoms with Gasteiger partial charge in [-0.25, -0.2) is 0 Å². The molecule has 3 atom stereocenters. The highest BCUT2D eigenvalue weighted by Crippen LogP contribution is 2.16. The third-order valence-corrected chi connectivity index (χ3v) is 2.02. The third-order valence-electron chi connectivity index (χ3n) is 2.02. The van der Waals surface area contributed by atoms with Crippen LogP contribution in [0.2, 0.25) is 0 Å². The number of hydrogen-bond acceptors (Lipinski definition) is 2. The maximum Gasteiger partial charge on any atom is 0.125 e. The van der Waals surface area contributed by atoms with Crippen molar-refractivity contribution in [3.63, 3.8) is 0 Å². The Kier molecular flexibility index (Phi) is 4.28. The Bertz CT molecular complexity index is 99.4. The molecular weight excluding hydrogens is 128 g/mol. The highest BCUT2D eigenvalue weighted by molar-refractivity contribution is 5.54. The molecule has 0 radical (unpaired) electrons. The van der Waals surface area contributed by atoms with Crippen LogP contribution in [-0.2, 0) is 4.79 Å². The highest BCUT2D eigenvalue weighted by atomic mass is 16.3. The summed E-state index contributed by atoms with van der Waals surface area (Å²) in [6.45, 7) is 5.65. The predicted octanol–water partition coefficient (Wildman–Crippen LogP) is 1.23. The molecule has 0 aromatic carbocycles. The molecule has 0 aliphatic carbocycles. The number of aliphatic hydroxyl groups is 1. The maximum atomic E-state index is 10.4. The SMILES string of the molecule is CCC(C)C(C=O)C(C)O. The lowest BCUT2D eigenvalue weighted by Crippen LogP contribution is -2.24. The quantitative estimate of drug-likeness (QED) is 0.602. The molecule has 0 bridgehead atoms. The molecule has 0 fully saturated rings. The first-order valence-electron chi connectivity index (χ1n) is 3.76. The fourth-order valence-electron chi connectivity index (χ4n) is 0.995. The molecule has 0 saturated carbocycles. The Morgan fingerprint density at radius 3 is 2.10 bits per heavy atom. The zero-order valence-electron chi connectivity index (χ0n) is 6.87. The molecule has 10 heavy (non-hydrogen) atoms. The fourth-order valence-corrected chi connectivity index (χ4v) is 0.995. The lowest BCUT2D eigenvalue weighted by molar-refractivity contribution is -0.115. The van der Waals surface area contributed by atoms with Crippen molar-refractivity contribution in [2.24, 2.45) is 11.8 Å². The predicted molar refractivity (Wildman–Crippen MR) is 40.7 cm³/mol. The Balaban J connectivity index is 3.92. The van der Waals surface area contributed by atoms with Crippen LogP contribution in [0.3, 0.4) is 0 Å². The first-order valence-corrected chi connectivity index (χ1v) is 3.76. The van der Waals surface area contributed by atoms with Crippen LogP contribution in [0, 0.1) is 11.8 Å². The highest BCUT2D eigenvalue weighted by Gasteiger charge is 2.19. The minimum absolute atomic E-state index is 0.190. The van der Waals surface area contributed by atoms with Crippen molar-refractivity contribution in [1.82, 2.24) is 0 Å². The molecule has 0 heterocycles. The van der Waals surface area contributed by atoms with Crippen molar-refractivity contribution < 1.29 is 9.90 Å². The summed E-state index contributed by atoms with van der Waals surface area (Å²) in [7, 11) is 0. The van der Waals surface area contributed by atoms with Crippen LogP contribution in [0.15, 0.2) is 0 Å². The molecule has 0 amide bonds. The molecule has 3 unspecified atom stereocenters. The zero-order valence-corrected chi connectivity index (χ0v) is 6.87. The second kappa shape index (κ2) is 4.45. The molecule has 2 heteroatoms. The topological polar surface area (TPSA) is 37.3 Å². The first kappa shape index (κ1) is 9.63. The van der Waals surface area contributed by atoms with Crippen molar-refractivity contribution in [2.45, 2.75) is 33.3 Å². The van der Waals surface area contributed by atoms with Crippen LogP contribution in [0.25, 0.3) is 0 Å². The number of rotatable bonds is 4. The van der Waals surface area contributed by atoms with Crippen LogP contribution in [0.5, 0.6) is 0 Å². The van der Waals surface area contributed by atoms with Gasteiger partial charge in [-0.3, -0.25) is 0 Å². The zero-order chi connectivity index (χ0) is 8.15. The molecule has 0 rings (SSSR count). The number of carbonyl (C=O) groups is 1. The normalized spacial score (nSPS) is 19.6. The smallest absolute Gasteiger partial charge is 0.125 e. The second-order valence-electron chi connectivity index (χ2n) is 2.84. The van der Waals surface area contributed by atoms with Crippen molar-refractivity contribution >= 4 is 6.29 Å². The molecule has 0 aliphatic heterocycles. The van der Waals surface area contributed by atoms with Gasteiger partial charge in [0.15, 0.2) is 0 Å². The van der Waals surface area contributed by atoms with Crippen LogP contribution >= 0.6 is 0 Å². The van der Waals surface area contributed by atoms with Gasteiger partial charge in [0.2, 0.25) is 0 Å². The average molecular weight is 144 g/mol. The number of carbonyl (C=O) groups excluding carboxylic acids is 1. The third kappa shape index (κ3) is 2.48. The van der Waals surface area contributed by atoms with E-state index in [-0.39, 0.29) is 11.8 Å². The summed E-state index contributed by atoms with van der Waals surface area (Å²) in [5.41, 5.74) is 0. The van der Waals surface area contributed by atoms with Crippen LogP contribution in [0.1, 0.15) is 27.2 Å². The van der Waals surface area contributed by atoms with E-state index in [0.717, 1.165) is 12.7 Å². The summed E-state index contributed by atoms with van der Waals surface area (Å²) >= 11 is 0. The minimum atomic E-state index is -0.507. The Morgan fingerprint density at radius 2 is 2.00 bits per heavy atom. The molecule has 0 aliphatic rings. The molecule has 0 saturated heterocycles. The van der Waals surface area contributed by atoms with E-state index >= 15 is 0 Å². The van der Waals surface area contributed by atoms with Crippen molar-refractivity contribution in [3.05, 3.63) is 0 Å². The monoisotopic (exact) mass is 144 g/mol. The van der Waals surface area contributed by atoms with E-state index in [2.05, 4.69) is 0 Å². The Hall–Kier alpha value is -0.370. The van der Waals surface area contributed by atoms with Gasteiger partial charge in [0.25, 0.3) is 0 Å². The Labute approximate surface area is 62.2 Å². The number of hydrogen-bond donors (Lipinski definition) is 1. The van der Waals surface area contributed by atoms with Crippen molar-refractivity contribution in [1.29, 1.82) is 0 Å². The maximum absolute atomic E-state index is 10.4. The van der Waals surface area contributed by atoms with E-state index in [1.165, 1.54) is 0 Å². The number of aldehydes is 1. The summed E-state index contributed by atoms with van der Waals surface area (Å²) in [5.74, 6) is 0.0995. The van der Waals surface area contributed by atoms with Gasteiger partial charge >= 0.3 is 0 Å². The molecular formula is C8H16O2. The van der Waals surface area contributed by atoms with Gasteiger partial charge in [-0.05, 0) is 12.8 Å². The molecule has 1 N–H and O–H groups in total. The van der Waals surface area contributed by atoms with Gasteiger partial charge in [0.1, 0.15) is 6.29 Å². The van der Waals surface area contributed by atoms with Gasteiger partial charge in [0, 0.05) is 5.92 Å². The molecule has 60 valence electrons. The first-order chi connectivity index (χ1) is 4.63. The van der Waals surface area contributed by atoms with Gasteiger partial charge in [-0.1, -0.05) is 20.3 Å². The van der Waals surface area contributed by atoms with Crippen molar-refractivity contribution in [2.75, 3.05) is 0 Å². The summed E-state index contributed by atoms with van der Waals surface area (Å²) in [4.78, 5) is 10.4. The molecule has 0 spiro atoms. The van der Waals surface area contributed by atoms with Crippen LogP contribution in [0.4, 0.5) is 0 Å². The minimum Gasteiger partial charge on any atom is -0.393 e. The standard InChI is InChI=1S/C8H16O2/c1-4-6(2)8(5-9)7(3)10/h5-8,10H,4H2,1-3H3. The second-order valence-corrected chi connectivity index (χ2v) is 2.84. The lowest BCUT2D eigenvalue weighted by atomic mass is 9.89. The molecule has 0 aromatic heterocycles. The van der Waals surface area contributed by atoms with E-state index in [0.29, 0.717) is 0 Å². The van der Waals surface area contributed by atoms with E-state index in [1.54, 1.807) is 6.92 Å². The number of aliphatic hydroxyl groups excluding tert-OH is 1. The van der Waals surface area contributed by atoms with Gasteiger partial charge in [-0.15, -0.1) is 0 Å². The van der Waals surface area contributed by atoms with Gasteiger partial charge < -0.3 is 9.90 Å². The van der Waals surface area contributed by atoms with E-state index in [1.807, 2.05) is 13.8 Å². The van der Waals surface area contributed by atoms with Gasteiger partial charge in [0.05, 0.1) is 6.10 Å². The summed E-state index contributed by atoms with van der Waals surface area (Å²) in [5, 5.41) is 9.08. The fraction of sp³-hybridized carbons (Fsp3) is 0.875. The summed E-state index contributed by atoms with van der Waals surface area (Å²) < 4.78 is 0. The van der Waals surface area contributed by atoms with E-state index in [9.17, 15) is 4.79 Å². The molecule has 0 aromatic rings. The summed E-state index contributed by atoms with van der Waals surface area (Å²) in [6.07, 6.45) is 1.28. The van der Waals surface area contributed by atoms with E-state index < -0.39 is 6.10 Å². The van der Waals surface area contributed by atoms with E-state index in [4.69, 9.17) is 5.11 Å². The summed E-state index contributed by atoms with van der Waals surface area (Å²) in [6, 6.07) is 0. The largest absolute Gasteiger partial charge is 0.393 e. The Morgan fingerprint density at radius 1 is 1.50 bits per heavy atom. The van der Waals surface area contributed by atoms with Crippen molar-refractivity contribution in [3.8, 4) is 0 Å². The van der Waals surface area contributed by atoms with Crippen LogP contribution < -0.4 is 0 Å². The lowest BCUT2D eigenvalue weighted by Gasteiger charge is -2.19.